The van der Waals surface area contributed by atoms with E-state index in [2.05, 4.69) is 18.7 Å². The van der Waals surface area contributed by atoms with E-state index < -0.39 is 0 Å². The molecular formula is C11H22N2O. The van der Waals surface area contributed by atoms with Gasteiger partial charge in [0.15, 0.2) is 0 Å². The fourth-order valence-corrected chi connectivity index (χ4v) is 2.12. The average Bonchev–Trinajstić information content (AvgIpc) is 2.46. The van der Waals surface area contributed by atoms with E-state index in [1.165, 1.54) is 0 Å². The Morgan fingerprint density at radius 2 is 2.21 bits per heavy atom. The zero-order valence-electron chi connectivity index (χ0n) is 9.49. The maximum atomic E-state index is 11.5. The van der Waals surface area contributed by atoms with Crippen LogP contribution in [-0.2, 0) is 4.79 Å². The van der Waals surface area contributed by atoms with Crippen LogP contribution < -0.4 is 5.73 Å². The fourth-order valence-electron chi connectivity index (χ4n) is 2.12. The lowest BCUT2D eigenvalue weighted by atomic mass is 10.00. The first-order valence-corrected chi connectivity index (χ1v) is 5.50. The van der Waals surface area contributed by atoms with Crippen LogP contribution in [0.5, 0.6) is 0 Å². The van der Waals surface area contributed by atoms with Gasteiger partial charge in [0.25, 0.3) is 0 Å². The zero-order chi connectivity index (χ0) is 10.7. The lowest BCUT2D eigenvalue weighted by Gasteiger charge is -2.26. The van der Waals surface area contributed by atoms with Crippen LogP contribution >= 0.6 is 0 Å². The Hall–Kier alpha value is -0.410. The number of hydrogen-bond acceptors (Lipinski definition) is 3. The molecule has 14 heavy (non-hydrogen) atoms. The van der Waals surface area contributed by atoms with E-state index in [0.29, 0.717) is 5.92 Å². The summed E-state index contributed by atoms with van der Waals surface area (Å²) in [6, 6.07) is 0.368. The van der Waals surface area contributed by atoms with Crippen molar-refractivity contribution < 1.29 is 4.79 Å². The molecule has 3 nitrogen and oxygen atoms in total. The topological polar surface area (TPSA) is 46.3 Å². The number of rotatable bonds is 4. The maximum Gasteiger partial charge on any atom is 0.146 e. The maximum absolute atomic E-state index is 11.5. The molecule has 2 N–H and O–H groups in total. The Bertz CT molecular complexity index is 203. The minimum absolute atomic E-state index is 0.101. The van der Waals surface area contributed by atoms with Crippen molar-refractivity contribution in [3.05, 3.63) is 0 Å². The second-order valence-corrected chi connectivity index (χ2v) is 4.80. The zero-order valence-corrected chi connectivity index (χ0v) is 9.49. The molecule has 1 rings (SSSR count). The molecule has 1 aliphatic heterocycles. The van der Waals surface area contributed by atoms with Crippen LogP contribution in [0.4, 0.5) is 0 Å². The molecule has 2 unspecified atom stereocenters. The van der Waals surface area contributed by atoms with Crippen LogP contribution in [0.25, 0.3) is 0 Å². The molecule has 1 fully saturated rings. The van der Waals surface area contributed by atoms with Crippen molar-refractivity contribution in [2.24, 2.45) is 11.7 Å². The Labute approximate surface area is 86.6 Å². The summed E-state index contributed by atoms with van der Waals surface area (Å²) in [5.74, 6) is 0.855. The predicted octanol–water partition coefficient (Wildman–Crippen LogP) is 1.02. The lowest BCUT2D eigenvalue weighted by molar-refractivity contribution is -0.122. The van der Waals surface area contributed by atoms with Gasteiger partial charge in [-0.1, -0.05) is 13.8 Å². The summed E-state index contributed by atoms with van der Waals surface area (Å²) in [5.41, 5.74) is 5.84. The molecule has 3 heteroatoms. The number of nitrogens with zero attached hydrogens (tertiary/aromatic N) is 1. The van der Waals surface area contributed by atoms with Crippen LogP contribution in [-0.4, -0.2) is 35.9 Å². The van der Waals surface area contributed by atoms with Gasteiger partial charge in [0.1, 0.15) is 5.78 Å². The normalized spacial score (nSPS) is 25.6. The summed E-state index contributed by atoms with van der Waals surface area (Å²) < 4.78 is 0. The number of ketones is 1. The summed E-state index contributed by atoms with van der Waals surface area (Å²) in [6.07, 6.45) is 1.99. The monoisotopic (exact) mass is 198 g/mol. The lowest BCUT2D eigenvalue weighted by Crippen LogP contribution is -2.40. The van der Waals surface area contributed by atoms with Crippen molar-refractivity contribution in [1.82, 2.24) is 4.90 Å². The first kappa shape index (κ1) is 11.7. The van der Waals surface area contributed by atoms with Gasteiger partial charge in [-0.3, -0.25) is 9.69 Å². The van der Waals surface area contributed by atoms with E-state index in [-0.39, 0.29) is 17.9 Å². The van der Waals surface area contributed by atoms with E-state index in [1.54, 1.807) is 6.92 Å². The van der Waals surface area contributed by atoms with Gasteiger partial charge in [-0.15, -0.1) is 0 Å². The highest BCUT2D eigenvalue weighted by atomic mass is 16.1. The van der Waals surface area contributed by atoms with Gasteiger partial charge in [0.05, 0.1) is 6.04 Å². The molecule has 82 valence electrons. The third-order valence-electron chi connectivity index (χ3n) is 2.86. The highest BCUT2D eigenvalue weighted by Gasteiger charge is 2.29. The van der Waals surface area contributed by atoms with E-state index in [1.807, 2.05) is 0 Å². The summed E-state index contributed by atoms with van der Waals surface area (Å²) >= 11 is 0. The number of Topliss-reactive ketones (excluding diaryl/α,β-unsaturated/α-hetero) is 1. The third-order valence-corrected chi connectivity index (χ3v) is 2.86. The summed E-state index contributed by atoms with van der Waals surface area (Å²) in [7, 11) is 0. The van der Waals surface area contributed by atoms with E-state index in [4.69, 9.17) is 5.73 Å². The Morgan fingerprint density at radius 1 is 1.57 bits per heavy atom. The third kappa shape index (κ3) is 3.07. The average molecular weight is 198 g/mol. The minimum Gasteiger partial charge on any atom is -0.326 e. The van der Waals surface area contributed by atoms with Crippen molar-refractivity contribution in [1.29, 1.82) is 0 Å². The first-order chi connectivity index (χ1) is 6.50. The molecule has 0 saturated carbocycles. The molecule has 0 bridgehead atoms. The van der Waals surface area contributed by atoms with Gasteiger partial charge in [-0.05, 0) is 25.7 Å². The standard InChI is InChI=1S/C11H22N2O/c1-8(2)6-11(9(3)14)13-5-4-10(12)7-13/h8,10-11H,4-7,12H2,1-3H3. The number of likely N-dealkylation sites (tertiary alicyclic amines) is 1. The van der Waals surface area contributed by atoms with Crippen molar-refractivity contribution in [2.45, 2.75) is 45.7 Å². The van der Waals surface area contributed by atoms with Gasteiger partial charge >= 0.3 is 0 Å². The molecule has 0 spiro atoms. The van der Waals surface area contributed by atoms with Crippen LogP contribution in [0, 0.1) is 5.92 Å². The molecule has 0 aromatic heterocycles. The Balaban J connectivity index is 2.54. The smallest absolute Gasteiger partial charge is 0.146 e. The van der Waals surface area contributed by atoms with Gasteiger partial charge in [0, 0.05) is 19.1 Å². The molecule has 1 saturated heterocycles. The van der Waals surface area contributed by atoms with Crippen molar-refractivity contribution in [2.75, 3.05) is 13.1 Å². The fraction of sp³-hybridized carbons (Fsp3) is 0.909. The molecule has 0 aliphatic carbocycles. The van der Waals surface area contributed by atoms with Gasteiger partial charge in [-0.2, -0.15) is 0 Å². The van der Waals surface area contributed by atoms with Crippen molar-refractivity contribution in [3.8, 4) is 0 Å². The minimum atomic E-state index is 0.101. The van der Waals surface area contributed by atoms with Crippen LogP contribution in [0.1, 0.15) is 33.6 Å². The SMILES string of the molecule is CC(=O)C(CC(C)C)N1CCC(N)C1. The molecule has 0 aromatic carbocycles. The summed E-state index contributed by atoms with van der Waals surface area (Å²) in [5, 5.41) is 0. The van der Waals surface area contributed by atoms with E-state index >= 15 is 0 Å². The van der Waals surface area contributed by atoms with Crippen LogP contribution in [0.15, 0.2) is 0 Å². The van der Waals surface area contributed by atoms with Gasteiger partial charge in [-0.25, -0.2) is 0 Å². The molecular weight excluding hydrogens is 176 g/mol. The largest absolute Gasteiger partial charge is 0.326 e. The molecule has 0 amide bonds. The number of hydrogen-bond donors (Lipinski definition) is 1. The predicted molar refractivity (Wildman–Crippen MR) is 58.1 cm³/mol. The Kier molecular flexibility index (Phi) is 4.08. The molecule has 0 aromatic rings. The second kappa shape index (κ2) is 4.89. The van der Waals surface area contributed by atoms with Crippen LogP contribution in [0.3, 0.4) is 0 Å². The highest BCUT2D eigenvalue weighted by Crippen LogP contribution is 2.17. The quantitative estimate of drug-likeness (QED) is 0.733. The summed E-state index contributed by atoms with van der Waals surface area (Å²) in [6.45, 7) is 7.88. The van der Waals surface area contributed by atoms with E-state index in [0.717, 1.165) is 25.9 Å². The number of nitrogens with two attached hydrogens (primary N) is 1. The van der Waals surface area contributed by atoms with Crippen molar-refractivity contribution in [3.63, 3.8) is 0 Å². The summed E-state index contributed by atoms with van der Waals surface area (Å²) in [4.78, 5) is 13.7. The van der Waals surface area contributed by atoms with Gasteiger partial charge in [0.2, 0.25) is 0 Å². The van der Waals surface area contributed by atoms with Gasteiger partial charge < -0.3 is 5.73 Å². The number of carbonyl (C=O) groups excluding carboxylic acids is 1. The van der Waals surface area contributed by atoms with Crippen molar-refractivity contribution >= 4 is 5.78 Å². The second-order valence-electron chi connectivity index (χ2n) is 4.80. The molecule has 0 radical (unpaired) electrons. The van der Waals surface area contributed by atoms with E-state index in [9.17, 15) is 4.79 Å². The van der Waals surface area contributed by atoms with Crippen LogP contribution in [0.2, 0.25) is 0 Å². The highest BCUT2D eigenvalue weighted by molar-refractivity contribution is 5.81. The molecule has 1 aliphatic rings. The number of carbonyl (C=O) groups is 1. The molecule has 2 atom stereocenters. The Morgan fingerprint density at radius 3 is 2.57 bits per heavy atom. The molecule has 1 heterocycles. The first-order valence-electron chi connectivity index (χ1n) is 5.50.